The average Bonchev–Trinajstić information content (AvgIpc) is 3.20. The third-order valence-corrected chi connectivity index (χ3v) is 8.71. The molecule has 9 heteroatoms. The number of hydrogen-bond acceptors (Lipinski definition) is 5. The van der Waals surface area contributed by atoms with Crippen LogP contribution >= 0.6 is 0 Å². The molecule has 0 atom stereocenters. The zero-order valence-electron chi connectivity index (χ0n) is 19.0. The Balaban J connectivity index is 1.46. The molecule has 2 saturated heterocycles. The van der Waals surface area contributed by atoms with Crippen molar-refractivity contribution in [3.05, 3.63) is 47.1 Å². The summed E-state index contributed by atoms with van der Waals surface area (Å²) in [5.41, 5.74) is 0.574. The minimum absolute atomic E-state index is 0.00937. The largest absolute Gasteiger partial charge is 0.355 e. The Morgan fingerprint density at radius 2 is 1.76 bits per heavy atom. The van der Waals surface area contributed by atoms with E-state index in [1.54, 1.807) is 25.1 Å². The summed E-state index contributed by atoms with van der Waals surface area (Å²) in [5, 5.41) is 3.84. The van der Waals surface area contributed by atoms with E-state index in [0.717, 1.165) is 25.9 Å². The van der Waals surface area contributed by atoms with Crippen LogP contribution in [0.1, 0.15) is 49.6 Å². The van der Waals surface area contributed by atoms with E-state index in [1.807, 2.05) is 4.90 Å². The topological polar surface area (TPSA) is 83.7 Å². The number of amides is 1. The number of likely N-dealkylation sites (tertiary alicyclic amines) is 1. The Labute approximate surface area is 194 Å². The van der Waals surface area contributed by atoms with Gasteiger partial charge < -0.3 is 9.42 Å². The Kier molecular flexibility index (Phi) is 6.99. The van der Waals surface area contributed by atoms with Crippen LogP contribution in [-0.4, -0.2) is 54.9 Å². The molecule has 0 spiro atoms. The van der Waals surface area contributed by atoms with Gasteiger partial charge in [-0.1, -0.05) is 30.3 Å². The van der Waals surface area contributed by atoms with Crippen LogP contribution in [0.5, 0.6) is 0 Å². The molecule has 2 fully saturated rings. The van der Waals surface area contributed by atoms with Crippen molar-refractivity contribution in [1.29, 1.82) is 0 Å². The van der Waals surface area contributed by atoms with Gasteiger partial charge in [-0.05, 0) is 56.7 Å². The maximum atomic E-state index is 13.9. The average molecular weight is 476 g/mol. The summed E-state index contributed by atoms with van der Waals surface area (Å²) in [6.45, 7) is 5.89. The number of aryl methyl sites for hydroxylation is 1. The summed E-state index contributed by atoms with van der Waals surface area (Å²) in [6, 6.07) is 6.20. The van der Waals surface area contributed by atoms with Crippen molar-refractivity contribution in [3.63, 3.8) is 0 Å². The van der Waals surface area contributed by atoms with Crippen LogP contribution in [0.15, 0.2) is 33.7 Å². The van der Waals surface area contributed by atoms with Gasteiger partial charge in [0.1, 0.15) is 11.5 Å². The van der Waals surface area contributed by atoms with Crippen molar-refractivity contribution < 1.29 is 22.1 Å². The monoisotopic (exact) mass is 475 g/mol. The first kappa shape index (κ1) is 23.6. The summed E-state index contributed by atoms with van der Waals surface area (Å²) >= 11 is 0. The molecule has 1 amide bonds. The summed E-state index contributed by atoms with van der Waals surface area (Å²) < 4.78 is 47.4. The molecular weight excluding hydrogens is 445 g/mol. The minimum atomic E-state index is -3.87. The van der Waals surface area contributed by atoms with E-state index >= 15 is 0 Å². The lowest BCUT2D eigenvalue weighted by Gasteiger charge is -2.36. The molecule has 2 aliphatic rings. The van der Waals surface area contributed by atoms with E-state index in [-0.39, 0.29) is 41.3 Å². The highest BCUT2D eigenvalue weighted by molar-refractivity contribution is 7.89. The molecule has 4 rings (SSSR count). The van der Waals surface area contributed by atoms with Gasteiger partial charge >= 0.3 is 0 Å². The summed E-state index contributed by atoms with van der Waals surface area (Å²) in [4.78, 5) is 14.8. The molecule has 1 aromatic heterocycles. The van der Waals surface area contributed by atoms with Gasteiger partial charge in [-0.2, -0.15) is 4.31 Å². The molecule has 0 saturated carbocycles. The van der Waals surface area contributed by atoms with Crippen molar-refractivity contribution in [1.82, 2.24) is 14.4 Å². The first-order valence-corrected chi connectivity index (χ1v) is 12.9. The number of halogens is 1. The third-order valence-electron chi connectivity index (χ3n) is 6.65. The number of nitrogens with zero attached hydrogens (tertiary/aromatic N) is 3. The molecule has 33 heavy (non-hydrogen) atoms. The van der Waals surface area contributed by atoms with Crippen molar-refractivity contribution in [3.8, 4) is 0 Å². The van der Waals surface area contributed by atoms with E-state index in [0.29, 0.717) is 24.3 Å². The third kappa shape index (κ3) is 5.04. The fourth-order valence-electron chi connectivity index (χ4n) is 4.53. The fourth-order valence-corrected chi connectivity index (χ4v) is 6.25. The smallest absolute Gasteiger partial charge is 0.248 e. The lowest BCUT2D eigenvalue weighted by atomic mass is 9.93. The van der Waals surface area contributed by atoms with E-state index < -0.39 is 15.8 Å². The van der Waals surface area contributed by atoms with Gasteiger partial charge in [0.25, 0.3) is 0 Å². The number of aromatic nitrogens is 1. The Hall–Kier alpha value is -2.52. The van der Waals surface area contributed by atoms with Crippen LogP contribution in [0.4, 0.5) is 4.39 Å². The molecule has 7 nitrogen and oxygen atoms in total. The van der Waals surface area contributed by atoms with Crippen LogP contribution in [0, 0.1) is 24.6 Å². The number of carbonyl (C=O) groups is 1. The molecule has 0 unspecified atom stereocenters. The number of hydrogen-bond donors (Lipinski definition) is 0. The van der Waals surface area contributed by atoms with E-state index in [4.69, 9.17) is 4.52 Å². The van der Waals surface area contributed by atoms with Crippen molar-refractivity contribution in [2.45, 2.75) is 44.4 Å². The van der Waals surface area contributed by atoms with Gasteiger partial charge in [0, 0.05) is 37.7 Å². The van der Waals surface area contributed by atoms with Gasteiger partial charge in [0.2, 0.25) is 15.9 Å². The van der Waals surface area contributed by atoms with Gasteiger partial charge in [0.05, 0.1) is 0 Å². The maximum absolute atomic E-state index is 13.9. The molecule has 0 radical (unpaired) electrons. The predicted octanol–water partition coefficient (Wildman–Crippen LogP) is 3.95. The SMILES string of the molecule is Cc1noc(/C=C/c2ccccc2F)c1S(=O)(=O)N1CCC(C(=O)N2CCC(C)CC2)CC1. The second-order valence-corrected chi connectivity index (χ2v) is 10.9. The lowest BCUT2D eigenvalue weighted by molar-refractivity contribution is -0.138. The second-order valence-electron chi connectivity index (χ2n) is 9.00. The van der Waals surface area contributed by atoms with E-state index in [9.17, 15) is 17.6 Å². The molecule has 0 bridgehead atoms. The number of rotatable bonds is 5. The van der Waals surface area contributed by atoms with Crippen LogP contribution < -0.4 is 0 Å². The highest BCUT2D eigenvalue weighted by atomic mass is 32.2. The molecule has 1 aromatic carbocycles. The Morgan fingerprint density at radius 3 is 2.42 bits per heavy atom. The van der Waals surface area contributed by atoms with E-state index in [1.165, 1.54) is 22.5 Å². The summed E-state index contributed by atoms with van der Waals surface area (Å²) in [7, 11) is -3.87. The second kappa shape index (κ2) is 9.77. The van der Waals surface area contributed by atoms with Crippen LogP contribution in [-0.2, 0) is 14.8 Å². The quantitative estimate of drug-likeness (QED) is 0.654. The van der Waals surface area contributed by atoms with Gasteiger partial charge in [0.15, 0.2) is 10.7 Å². The van der Waals surface area contributed by atoms with Crippen molar-refractivity contribution >= 4 is 28.1 Å². The summed E-state index contributed by atoms with van der Waals surface area (Å²) in [6.07, 6.45) is 5.94. The molecule has 0 aliphatic carbocycles. The van der Waals surface area contributed by atoms with Gasteiger partial charge in [-0.25, -0.2) is 12.8 Å². The normalized spacial score (nSPS) is 19.4. The molecule has 3 heterocycles. The fraction of sp³-hybridized carbons (Fsp3) is 0.500. The molecule has 0 N–H and O–H groups in total. The van der Waals surface area contributed by atoms with Crippen molar-refractivity contribution in [2.75, 3.05) is 26.2 Å². The van der Waals surface area contributed by atoms with Crippen LogP contribution in [0.2, 0.25) is 0 Å². The predicted molar refractivity (Wildman–Crippen MR) is 123 cm³/mol. The van der Waals surface area contributed by atoms with Crippen molar-refractivity contribution in [2.24, 2.45) is 11.8 Å². The molecule has 178 valence electrons. The first-order valence-electron chi connectivity index (χ1n) is 11.4. The van der Waals surface area contributed by atoms with Gasteiger partial charge in [-0.3, -0.25) is 4.79 Å². The Morgan fingerprint density at radius 1 is 1.09 bits per heavy atom. The van der Waals surface area contributed by atoms with E-state index in [2.05, 4.69) is 12.1 Å². The zero-order valence-corrected chi connectivity index (χ0v) is 19.9. The summed E-state index contributed by atoms with van der Waals surface area (Å²) in [5.74, 6) is 0.303. The molecule has 2 aromatic rings. The lowest BCUT2D eigenvalue weighted by Crippen LogP contribution is -2.46. The number of benzene rings is 1. The standard InChI is InChI=1S/C24H30FN3O4S/c1-17-9-13-27(14-10-17)24(29)20-11-15-28(16-12-20)33(30,31)23-18(2)26-32-22(23)8-7-19-5-3-4-6-21(19)25/h3-8,17,20H,9-16H2,1-2H3/b8-7+. The Bertz CT molecular complexity index is 1130. The van der Waals surface area contributed by atoms with Gasteiger partial charge in [-0.15, -0.1) is 0 Å². The molecular formula is C24H30FN3O4S. The maximum Gasteiger partial charge on any atom is 0.248 e. The number of sulfonamides is 1. The van der Waals surface area contributed by atoms with Crippen LogP contribution in [0.25, 0.3) is 12.2 Å². The first-order chi connectivity index (χ1) is 15.8. The van der Waals surface area contributed by atoms with Crippen LogP contribution in [0.3, 0.4) is 0 Å². The highest BCUT2D eigenvalue weighted by Crippen LogP contribution is 2.30. The zero-order chi connectivity index (χ0) is 23.6. The number of carbonyl (C=O) groups excluding carboxylic acids is 1. The molecule has 2 aliphatic heterocycles. The highest BCUT2D eigenvalue weighted by Gasteiger charge is 2.37. The minimum Gasteiger partial charge on any atom is -0.355 e. The number of piperidine rings is 2.